The van der Waals surface area contributed by atoms with Crippen molar-refractivity contribution in [2.24, 2.45) is 5.92 Å². The van der Waals surface area contributed by atoms with Crippen LogP contribution in [0.3, 0.4) is 0 Å². The third-order valence-corrected chi connectivity index (χ3v) is 5.04. The van der Waals surface area contributed by atoms with Crippen LogP contribution in [0, 0.1) is 5.92 Å². The normalized spacial score (nSPS) is 33.7. The molecule has 0 spiro atoms. The second-order valence-electron chi connectivity index (χ2n) is 5.39. The number of hydrogen-bond donors (Lipinski definition) is 1. The number of hydrogen-bond acceptors (Lipinski definition) is 2. The van der Waals surface area contributed by atoms with Gasteiger partial charge in [-0.25, -0.2) is 0 Å². The first-order valence-corrected chi connectivity index (χ1v) is 6.83. The molecule has 2 aliphatic carbocycles. The van der Waals surface area contributed by atoms with Crippen molar-refractivity contribution in [1.29, 1.82) is 0 Å². The van der Waals surface area contributed by atoms with Gasteiger partial charge in [-0.2, -0.15) is 0 Å². The van der Waals surface area contributed by atoms with Crippen molar-refractivity contribution in [3.05, 3.63) is 59.4 Å². The fourth-order valence-corrected chi connectivity index (χ4v) is 3.57. The zero-order valence-corrected chi connectivity index (χ0v) is 11.4. The van der Waals surface area contributed by atoms with Crippen molar-refractivity contribution in [2.45, 2.75) is 24.1 Å². The summed E-state index contributed by atoms with van der Waals surface area (Å²) in [6.07, 6.45) is 3.77. The van der Waals surface area contributed by atoms with E-state index in [4.69, 9.17) is 11.6 Å². The van der Waals surface area contributed by atoms with Gasteiger partial charge in [0, 0.05) is 17.9 Å². The van der Waals surface area contributed by atoms with Gasteiger partial charge in [-0.15, -0.1) is 11.6 Å². The first kappa shape index (κ1) is 12.5. The summed E-state index contributed by atoms with van der Waals surface area (Å²) in [7, 11) is 0. The van der Waals surface area contributed by atoms with Crippen molar-refractivity contribution in [1.82, 2.24) is 0 Å². The van der Waals surface area contributed by atoms with Gasteiger partial charge in [0.1, 0.15) is 0 Å². The van der Waals surface area contributed by atoms with E-state index in [0.29, 0.717) is 12.2 Å². The number of carbonyl (C=O) groups excluding carboxylic acids is 1. The third kappa shape index (κ3) is 1.67. The molecule has 1 N–H and O–H groups in total. The van der Waals surface area contributed by atoms with E-state index in [1.165, 1.54) is 0 Å². The van der Waals surface area contributed by atoms with E-state index in [1.807, 2.05) is 37.3 Å². The Bertz CT molecular complexity index is 588. The van der Waals surface area contributed by atoms with Crippen LogP contribution in [-0.2, 0) is 10.2 Å². The molecule has 19 heavy (non-hydrogen) atoms. The van der Waals surface area contributed by atoms with Gasteiger partial charge in [0.2, 0.25) is 0 Å². The van der Waals surface area contributed by atoms with Gasteiger partial charge in [-0.3, -0.25) is 4.79 Å². The number of aliphatic hydroxyl groups is 1. The molecule has 2 nitrogen and oxygen atoms in total. The number of benzene rings is 1. The highest BCUT2D eigenvalue weighted by Crippen LogP contribution is 2.50. The molecule has 0 aliphatic heterocycles. The summed E-state index contributed by atoms with van der Waals surface area (Å²) < 4.78 is 0. The van der Waals surface area contributed by atoms with Crippen LogP contribution in [0.4, 0.5) is 0 Å². The zero-order chi connectivity index (χ0) is 13.6. The molecule has 1 saturated carbocycles. The standard InChI is InChI=1S/C16H15ClO2/c1-16(10-5-3-2-4-6-10)14(17)13-9-11(18)7-8-12(13)15(16)19/h2-8,13-14,18H,9H2,1H3. The second-order valence-corrected chi connectivity index (χ2v) is 5.86. The molecule has 2 aliphatic rings. The molecule has 0 amide bonds. The number of ketones is 1. The Balaban J connectivity index is 2.09. The minimum atomic E-state index is -0.711. The molecule has 0 saturated heterocycles. The van der Waals surface area contributed by atoms with Gasteiger partial charge in [0.15, 0.2) is 5.78 Å². The average Bonchev–Trinajstić information content (AvgIpc) is 2.63. The van der Waals surface area contributed by atoms with E-state index in [2.05, 4.69) is 0 Å². The lowest BCUT2D eigenvalue weighted by Crippen LogP contribution is -2.36. The summed E-state index contributed by atoms with van der Waals surface area (Å²) in [6.45, 7) is 1.90. The number of alkyl halides is 1. The highest BCUT2D eigenvalue weighted by molar-refractivity contribution is 6.28. The predicted octanol–water partition coefficient (Wildman–Crippen LogP) is 3.52. The van der Waals surface area contributed by atoms with Gasteiger partial charge in [0.05, 0.1) is 16.6 Å². The van der Waals surface area contributed by atoms with Crippen molar-refractivity contribution >= 4 is 17.4 Å². The molecule has 3 atom stereocenters. The summed E-state index contributed by atoms with van der Waals surface area (Å²) in [5.41, 5.74) is 0.969. The zero-order valence-electron chi connectivity index (χ0n) is 10.6. The Hall–Kier alpha value is -1.54. The molecular weight excluding hydrogens is 260 g/mol. The molecule has 0 radical (unpaired) electrons. The number of halogens is 1. The number of carbonyl (C=O) groups is 1. The SMILES string of the molecule is CC1(c2ccccc2)C(=O)C2=CC=C(O)CC2C1Cl. The topological polar surface area (TPSA) is 37.3 Å². The van der Waals surface area contributed by atoms with E-state index < -0.39 is 5.41 Å². The van der Waals surface area contributed by atoms with Crippen LogP contribution in [0.25, 0.3) is 0 Å². The highest BCUT2D eigenvalue weighted by Gasteiger charge is 2.55. The van der Waals surface area contributed by atoms with Crippen molar-refractivity contribution in [3.63, 3.8) is 0 Å². The Labute approximate surface area is 117 Å². The van der Waals surface area contributed by atoms with Gasteiger partial charge in [-0.05, 0) is 18.6 Å². The molecule has 3 rings (SSSR count). The van der Waals surface area contributed by atoms with Crippen molar-refractivity contribution < 1.29 is 9.90 Å². The number of rotatable bonds is 1. The molecule has 1 aromatic carbocycles. The van der Waals surface area contributed by atoms with E-state index in [1.54, 1.807) is 12.2 Å². The van der Waals surface area contributed by atoms with Crippen LogP contribution >= 0.6 is 11.6 Å². The van der Waals surface area contributed by atoms with E-state index in [9.17, 15) is 9.90 Å². The van der Waals surface area contributed by atoms with Gasteiger partial charge < -0.3 is 5.11 Å². The first-order chi connectivity index (χ1) is 9.05. The van der Waals surface area contributed by atoms with Gasteiger partial charge in [0.25, 0.3) is 0 Å². The Morgan fingerprint density at radius 3 is 2.63 bits per heavy atom. The summed E-state index contributed by atoms with van der Waals surface area (Å²) in [5, 5.41) is 9.32. The highest BCUT2D eigenvalue weighted by atomic mass is 35.5. The number of allylic oxidation sites excluding steroid dienone is 4. The summed E-state index contributed by atoms with van der Waals surface area (Å²) in [5.74, 6) is 0.279. The van der Waals surface area contributed by atoms with Gasteiger partial charge in [-0.1, -0.05) is 36.4 Å². The number of Topliss-reactive ketones (excluding diaryl/α,β-unsaturated/α-hetero) is 1. The Morgan fingerprint density at radius 2 is 1.95 bits per heavy atom. The molecule has 3 heteroatoms. The molecule has 0 heterocycles. The molecule has 1 fully saturated rings. The average molecular weight is 275 g/mol. The van der Waals surface area contributed by atoms with Gasteiger partial charge >= 0.3 is 0 Å². The fraction of sp³-hybridized carbons (Fsp3) is 0.312. The summed E-state index contributed by atoms with van der Waals surface area (Å²) >= 11 is 6.59. The predicted molar refractivity (Wildman–Crippen MR) is 75.3 cm³/mol. The minimum Gasteiger partial charge on any atom is -0.512 e. The van der Waals surface area contributed by atoms with Crippen LogP contribution in [0.5, 0.6) is 0 Å². The quantitative estimate of drug-likeness (QED) is 0.796. The van der Waals surface area contributed by atoms with E-state index in [-0.39, 0.29) is 17.1 Å². The van der Waals surface area contributed by atoms with Crippen LogP contribution < -0.4 is 0 Å². The Morgan fingerprint density at radius 1 is 1.26 bits per heavy atom. The maximum absolute atomic E-state index is 12.7. The second kappa shape index (κ2) is 4.24. The monoisotopic (exact) mass is 274 g/mol. The summed E-state index contributed by atoms with van der Waals surface area (Å²) in [4.78, 5) is 12.7. The first-order valence-electron chi connectivity index (χ1n) is 6.39. The molecule has 0 aromatic heterocycles. The minimum absolute atomic E-state index is 0.0763. The molecule has 0 bridgehead atoms. The molecule has 98 valence electrons. The molecular formula is C16H15ClO2. The molecule has 3 unspecified atom stereocenters. The lowest BCUT2D eigenvalue weighted by Gasteiger charge is -2.28. The Kier molecular flexibility index (Phi) is 2.79. The summed E-state index contributed by atoms with van der Waals surface area (Å²) in [6, 6.07) is 9.65. The van der Waals surface area contributed by atoms with Crippen LogP contribution in [0.1, 0.15) is 18.9 Å². The number of fused-ring (bicyclic) bond motifs is 1. The van der Waals surface area contributed by atoms with E-state index in [0.717, 1.165) is 11.1 Å². The largest absolute Gasteiger partial charge is 0.512 e. The smallest absolute Gasteiger partial charge is 0.170 e. The van der Waals surface area contributed by atoms with Crippen LogP contribution in [-0.4, -0.2) is 16.3 Å². The van der Waals surface area contributed by atoms with Crippen molar-refractivity contribution in [3.8, 4) is 0 Å². The third-order valence-electron chi connectivity index (χ3n) is 4.30. The van der Waals surface area contributed by atoms with Crippen molar-refractivity contribution in [2.75, 3.05) is 0 Å². The molecule has 1 aromatic rings. The number of aliphatic hydroxyl groups excluding tert-OH is 1. The lowest BCUT2D eigenvalue weighted by atomic mass is 9.79. The maximum Gasteiger partial charge on any atom is 0.170 e. The fourth-order valence-electron chi connectivity index (χ4n) is 3.12. The van der Waals surface area contributed by atoms with E-state index >= 15 is 0 Å². The maximum atomic E-state index is 12.7. The van der Waals surface area contributed by atoms with Crippen LogP contribution in [0.15, 0.2) is 53.8 Å². The van der Waals surface area contributed by atoms with Crippen LogP contribution in [0.2, 0.25) is 0 Å². The lowest BCUT2D eigenvalue weighted by molar-refractivity contribution is -0.118.